The van der Waals surface area contributed by atoms with Crippen LogP contribution in [0.1, 0.15) is 52.4 Å². The summed E-state index contributed by atoms with van der Waals surface area (Å²) in [5, 5.41) is 9.51. The van der Waals surface area contributed by atoms with E-state index in [0.717, 1.165) is 38.5 Å². The van der Waals surface area contributed by atoms with E-state index in [0.29, 0.717) is 5.57 Å². The van der Waals surface area contributed by atoms with E-state index in [4.69, 9.17) is 0 Å². The zero-order valence-corrected chi connectivity index (χ0v) is 11.3. The summed E-state index contributed by atoms with van der Waals surface area (Å²) < 4.78 is 0. The van der Waals surface area contributed by atoms with Gasteiger partial charge in [-0.3, -0.25) is 0 Å². The van der Waals surface area contributed by atoms with Gasteiger partial charge >= 0.3 is 5.97 Å². The quantitative estimate of drug-likeness (QED) is 0.595. The molecule has 0 aromatic carbocycles. The Hall–Kier alpha value is -1.31. The molecule has 0 spiro atoms. The van der Waals surface area contributed by atoms with E-state index in [9.17, 15) is 9.90 Å². The van der Waals surface area contributed by atoms with E-state index in [-0.39, 0.29) is 5.41 Å². The van der Waals surface area contributed by atoms with Gasteiger partial charge in [0, 0.05) is 11.0 Å². The van der Waals surface area contributed by atoms with Gasteiger partial charge in [0.1, 0.15) is 0 Å². The van der Waals surface area contributed by atoms with Gasteiger partial charge in [-0.05, 0) is 44.6 Å². The van der Waals surface area contributed by atoms with Gasteiger partial charge < -0.3 is 5.11 Å². The molecular weight excluding hydrogens is 224 g/mol. The minimum Gasteiger partial charge on any atom is -0.478 e. The Morgan fingerprint density at radius 3 is 2.39 bits per heavy atom. The first kappa shape index (κ1) is 13.1. The fourth-order valence-electron chi connectivity index (χ4n) is 2.93. The molecule has 1 N–H and O–H groups in total. The second-order valence-corrected chi connectivity index (χ2v) is 5.78. The minimum absolute atomic E-state index is 0.342. The van der Waals surface area contributed by atoms with Gasteiger partial charge in [0.05, 0.1) is 0 Å². The Labute approximate surface area is 109 Å². The molecule has 2 rings (SSSR count). The molecule has 0 heterocycles. The number of hydrogen-bond acceptors (Lipinski definition) is 1. The molecule has 2 heteroatoms. The molecule has 0 amide bonds. The lowest BCUT2D eigenvalue weighted by molar-refractivity contribution is -0.133. The Morgan fingerprint density at radius 1 is 1.22 bits per heavy atom. The van der Waals surface area contributed by atoms with E-state index < -0.39 is 5.97 Å². The van der Waals surface area contributed by atoms with Crippen LogP contribution in [0, 0.1) is 5.41 Å². The molecule has 0 unspecified atom stereocenters. The van der Waals surface area contributed by atoms with Gasteiger partial charge in [0.2, 0.25) is 0 Å². The summed E-state index contributed by atoms with van der Waals surface area (Å²) in [6.45, 7) is 4.08. The lowest BCUT2D eigenvalue weighted by Crippen LogP contribution is -2.23. The lowest BCUT2D eigenvalue weighted by atomic mass is 9.76. The first-order chi connectivity index (χ1) is 8.51. The van der Waals surface area contributed by atoms with E-state index >= 15 is 0 Å². The molecule has 18 heavy (non-hydrogen) atoms. The van der Waals surface area contributed by atoms with Crippen LogP contribution in [0.3, 0.4) is 0 Å². The normalized spacial score (nSPS) is 20.9. The van der Waals surface area contributed by atoms with Gasteiger partial charge in [-0.15, -0.1) is 0 Å². The van der Waals surface area contributed by atoms with Crippen molar-refractivity contribution in [3.63, 3.8) is 0 Å². The van der Waals surface area contributed by atoms with E-state index in [1.165, 1.54) is 11.1 Å². The van der Waals surface area contributed by atoms with E-state index in [1.807, 2.05) is 19.9 Å². The second-order valence-electron chi connectivity index (χ2n) is 5.78. The minimum atomic E-state index is -0.777. The van der Waals surface area contributed by atoms with Crippen molar-refractivity contribution in [1.29, 1.82) is 0 Å². The highest BCUT2D eigenvalue weighted by Crippen LogP contribution is 2.41. The SMILES string of the molecule is CC(C)(C1=CCCC1)C(=CC1=CCCC1)C(=O)O. The average Bonchev–Trinajstić information content (AvgIpc) is 2.98. The molecule has 2 nitrogen and oxygen atoms in total. The molecule has 0 saturated heterocycles. The fourth-order valence-corrected chi connectivity index (χ4v) is 2.93. The molecule has 2 aliphatic rings. The van der Waals surface area contributed by atoms with Crippen LogP contribution < -0.4 is 0 Å². The van der Waals surface area contributed by atoms with E-state index in [1.54, 1.807) is 0 Å². The molecule has 0 bridgehead atoms. The molecule has 98 valence electrons. The monoisotopic (exact) mass is 246 g/mol. The molecule has 0 aromatic rings. The highest BCUT2D eigenvalue weighted by Gasteiger charge is 2.33. The predicted molar refractivity (Wildman–Crippen MR) is 73.4 cm³/mol. The number of allylic oxidation sites excluding steroid dienone is 5. The molecule has 0 atom stereocenters. The van der Waals surface area contributed by atoms with Gasteiger partial charge in [0.25, 0.3) is 0 Å². The van der Waals surface area contributed by atoms with Gasteiger partial charge in [-0.2, -0.15) is 0 Å². The van der Waals surface area contributed by atoms with Crippen molar-refractivity contribution >= 4 is 5.97 Å². The maximum Gasteiger partial charge on any atom is 0.332 e. The highest BCUT2D eigenvalue weighted by atomic mass is 16.4. The van der Waals surface area contributed by atoms with Crippen LogP contribution in [0.4, 0.5) is 0 Å². The van der Waals surface area contributed by atoms with Crippen LogP contribution in [-0.2, 0) is 4.79 Å². The Morgan fingerprint density at radius 2 is 1.89 bits per heavy atom. The van der Waals surface area contributed by atoms with Crippen LogP contribution in [0.25, 0.3) is 0 Å². The van der Waals surface area contributed by atoms with Crippen LogP contribution >= 0.6 is 0 Å². The number of rotatable bonds is 4. The second kappa shape index (κ2) is 5.13. The Kier molecular flexibility index (Phi) is 3.74. The van der Waals surface area contributed by atoms with Crippen molar-refractivity contribution in [1.82, 2.24) is 0 Å². The summed E-state index contributed by atoms with van der Waals surface area (Å²) >= 11 is 0. The van der Waals surface area contributed by atoms with E-state index in [2.05, 4.69) is 12.2 Å². The molecule has 0 saturated carbocycles. The first-order valence-corrected chi connectivity index (χ1v) is 6.86. The van der Waals surface area contributed by atoms with Gasteiger partial charge in [-0.25, -0.2) is 4.79 Å². The number of carboxylic acids is 1. The fraction of sp³-hybridized carbons (Fsp3) is 0.562. The van der Waals surface area contributed by atoms with Crippen molar-refractivity contribution in [2.75, 3.05) is 0 Å². The molecule has 2 aliphatic carbocycles. The lowest BCUT2D eigenvalue weighted by Gasteiger charge is -2.27. The highest BCUT2D eigenvalue weighted by molar-refractivity contribution is 5.89. The smallest absolute Gasteiger partial charge is 0.332 e. The third-order valence-electron chi connectivity index (χ3n) is 4.15. The van der Waals surface area contributed by atoms with Gasteiger partial charge in [0.15, 0.2) is 0 Å². The standard InChI is InChI=1S/C16H22O2/c1-16(2,13-9-5-6-10-13)14(15(17)18)11-12-7-3-4-8-12/h7,9,11H,3-6,8,10H2,1-2H3,(H,17,18). The molecule has 0 fully saturated rings. The van der Waals surface area contributed by atoms with Crippen LogP contribution in [-0.4, -0.2) is 11.1 Å². The third kappa shape index (κ3) is 2.58. The van der Waals surface area contributed by atoms with Crippen molar-refractivity contribution in [3.8, 4) is 0 Å². The van der Waals surface area contributed by atoms with Crippen LogP contribution in [0.15, 0.2) is 34.9 Å². The van der Waals surface area contributed by atoms with Crippen molar-refractivity contribution in [3.05, 3.63) is 34.9 Å². The number of aliphatic carboxylic acids is 1. The molecule has 0 aromatic heterocycles. The molecule has 0 aliphatic heterocycles. The van der Waals surface area contributed by atoms with Crippen molar-refractivity contribution in [2.45, 2.75) is 52.4 Å². The number of hydrogen-bond donors (Lipinski definition) is 1. The maximum atomic E-state index is 11.6. The van der Waals surface area contributed by atoms with Crippen LogP contribution in [0.2, 0.25) is 0 Å². The maximum absolute atomic E-state index is 11.6. The average molecular weight is 246 g/mol. The topological polar surface area (TPSA) is 37.3 Å². The summed E-state index contributed by atoms with van der Waals surface area (Å²) in [7, 11) is 0. The summed E-state index contributed by atoms with van der Waals surface area (Å²) in [4.78, 5) is 11.6. The predicted octanol–water partition coefficient (Wildman–Crippen LogP) is 4.24. The summed E-state index contributed by atoms with van der Waals surface area (Å²) in [6, 6.07) is 0. The van der Waals surface area contributed by atoms with Crippen molar-refractivity contribution < 1.29 is 9.90 Å². The zero-order chi connectivity index (χ0) is 13.2. The molecule has 0 radical (unpaired) electrons. The third-order valence-corrected chi connectivity index (χ3v) is 4.15. The zero-order valence-electron chi connectivity index (χ0n) is 11.3. The Balaban J connectivity index is 2.32. The number of carboxylic acid groups (broad SMARTS) is 1. The summed E-state index contributed by atoms with van der Waals surface area (Å²) in [5.41, 5.74) is 2.68. The molecular formula is C16H22O2. The van der Waals surface area contributed by atoms with Crippen molar-refractivity contribution in [2.24, 2.45) is 5.41 Å². The summed E-state index contributed by atoms with van der Waals surface area (Å²) in [5.74, 6) is -0.777. The first-order valence-electron chi connectivity index (χ1n) is 6.86. The van der Waals surface area contributed by atoms with Crippen LogP contribution in [0.5, 0.6) is 0 Å². The Bertz CT molecular complexity index is 436. The number of carbonyl (C=O) groups is 1. The summed E-state index contributed by atoms with van der Waals surface area (Å²) in [6.07, 6.45) is 12.9. The van der Waals surface area contributed by atoms with Gasteiger partial charge in [-0.1, -0.05) is 37.1 Å². The largest absolute Gasteiger partial charge is 0.478 e.